The molecule has 0 fully saturated rings. The number of esters is 1. The average molecular weight is 465 g/mol. The number of rotatable bonds is 6. The van der Waals surface area contributed by atoms with E-state index in [0.717, 1.165) is 5.56 Å². The maximum atomic E-state index is 13.3. The van der Waals surface area contributed by atoms with Crippen LogP contribution in [-0.4, -0.2) is 40.5 Å². The number of benzene rings is 3. The molecule has 0 bridgehead atoms. The van der Waals surface area contributed by atoms with Gasteiger partial charge in [0.2, 0.25) is 0 Å². The first-order valence-corrected chi connectivity index (χ1v) is 12.0. The van der Waals surface area contributed by atoms with Crippen LogP contribution in [0.4, 0.5) is 11.4 Å². The molecule has 0 aliphatic carbocycles. The lowest BCUT2D eigenvalue weighted by molar-refractivity contribution is 0.0600. The molecule has 1 aliphatic heterocycles. The van der Waals surface area contributed by atoms with Crippen LogP contribution in [0, 0.1) is 0 Å². The fraction of sp³-hybridized carbons (Fsp3) is 0.200. The first-order chi connectivity index (χ1) is 15.9. The third-order valence-corrected chi connectivity index (χ3v) is 7.54. The highest BCUT2D eigenvalue weighted by atomic mass is 32.2. The minimum atomic E-state index is -3.85. The van der Waals surface area contributed by atoms with Gasteiger partial charge in [-0.1, -0.05) is 24.3 Å². The molecular formula is C25H24N2O5S. The minimum absolute atomic E-state index is 0.0551. The Hall–Kier alpha value is -3.65. The van der Waals surface area contributed by atoms with Crippen LogP contribution in [0.2, 0.25) is 0 Å². The van der Waals surface area contributed by atoms with Gasteiger partial charge >= 0.3 is 5.97 Å². The molecule has 33 heavy (non-hydrogen) atoms. The Balaban J connectivity index is 1.64. The summed E-state index contributed by atoms with van der Waals surface area (Å²) >= 11 is 0. The Kier molecular flexibility index (Phi) is 6.20. The van der Waals surface area contributed by atoms with Crippen molar-refractivity contribution < 1.29 is 22.7 Å². The van der Waals surface area contributed by atoms with E-state index in [1.165, 1.54) is 23.5 Å². The summed E-state index contributed by atoms with van der Waals surface area (Å²) in [7, 11) is -2.53. The van der Waals surface area contributed by atoms with Crippen LogP contribution in [0.1, 0.15) is 33.2 Å². The highest BCUT2D eigenvalue weighted by molar-refractivity contribution is 7.92. The second kappa shape index (κ2) is 9.07. The Bertz CT molecular complexity index is 1310. The van der Waals surface area contributed by atoms with Gasteiger partial charge in [-0.05, 0) is 67.4 Å². The number of fused-ring (bicyclic) bond motifs is 1. The van der Waals surface area contributed by atoms with Gasteiger partial charge in [-0.2, -0.15) is 0 Å². The van der Waals surface area contributed by atoms with E-state index in [-0.39, 0.29) is 22.9 Å². The number of methoxy groups -OCH3 is 1. The summed E-state index contributed by atoms with van der Waals surface area (Å²) in [5.41, 5.74) is 2.85. The minimum Gasteiger partial charge on any atom is -0.465 e. The molecule has 0 saturated carbocycles. The fourth-order valence-electron chi connectivity index (χ4n) is 4.02. The Morgan fingerprint density at radius 1 is 0.970 bits per heavy atom. The smallest absolute Gasteiger partial charge is 0.337 e. The molecule has 0 radical (unpaired) electrons. The first-order valence-electron chi connectivity index (χ1n) is 10.6. The van der Waals surface area contributed by atoms with E-state index >= 15 is 0 Å². The van der Waals surface area contributed by atoms with Crippen molar-refractivity contribution in [2.75, 3.05) is 29.4 Å². The summed E-state index contributed by atoms with van der Waals surface area (Å²) < 4.78 is 32.8. The second-order valence-corrected chi connectivity index (χ2v) is 9.44. The van der Waals surface area contributed by atoms with Gasteiger partial charge in [-0.3, -0.25) is 9.10 Å². The van der Waals surface area contributed by atoms with E-state index < -0.39 is 16.0 Å². The zero-order valence-corrected chi connectivity index (χ0v) is 19.2. The molecule has 1 heterocycles. The Morgan fingerprint density at radius 2 is 1.73 bits per heavy atom. The van der Waals surface area contributed by atoms with Gasteiger partial charge in [0.1, 0.15) is 0 Å². The van der Waals surface area contributed by atoms with Gasteiger partial charge in [0, 0.05) is 24.3 Å². The molecule has 0 atom stereocenters. The lowest BCUT2D eigenvalue weighted by Crippen LogP contribution is -2.32. The molecule has 0 N–H and O–H groups in total. The van der Waals surface area contributed by atoms with Crippen molar-refractivity contribution in [3.8, 4) is 0 Å². The van der Waals surface area contributed by atoms with Gasteiger partial charge in [-0.25, -0.2) is 13.2 Å². The maximum Gasteiger partial charge on any atom is 0.337 e. The van der Waals surface area contributed by atoms with Gasteiger partial charge in [0.25, 0.3) is 15.9 Å². The molecule has 8 heteroatoms. The van der Waals surface area contributed by atoms with E-state index in [4.69, 9.17) is 4.74 Å². The standard InChI is InChI=1S/C25H24N2O5S/c1-3-27(21-9-5-4-6-10-21)33(30,31)22-11-7-8-19(17-22)24(28)26-15-14-18-16-20(25(29)32-2)12-13-23(18)26/h4-13,16-17H,3,14-15H2,1-2H3. The van der Waals surface area contributed by atoms with Crippen LogP contribution < -0.4 is 9.21 Å². The number of carbonyl (C=O) groups excluding carboxylic acids is 2. The predicted molar refractivity (Wildman–Crippen MR) is 126 cm³/mol. The quantitative estimate of drug-likeness (QED) is 0.517. The van der Waals surface area contributed by atoms with Crippen LogP contribution >= 0.6 is 0 Å². The summed E-state index contributed by atoms with van der Waals surface area (Å²) in [5, 5.41) is 0. The largest absolute Gasteiger partial charge is 0.465 e. The highest BCUT2D eigenvalue weighted by Gasteiger charge is 2.29. The number of ether oxygens (including phenoxy) is 1. The number of carbonyl (C=O) groups is 2. The van der Waals surface area contributed by atoms with Gasteiger partial charge in [-0.15, -0.1) is 0 Å². The summed E-state index contributed by atoms with van der Waals surface area (Å²) in [4.78, 5) is 26.8. The second-order valence-electron chi connectivity index (χ2n) is 7.58. The summed E-state index contributed by atoms with van der Waals surface area (Å²) in [5.74, 6) is -0.723. The zero-order chi connectivity index (χ0) is 23.6. The van der Waals surface area contributed by atoms with Gasteiger partial charge in [0.05, 0.1) is 23.3 Å². The monoisotopic (exact) mass is 464 g/mol. The van der Waals surface area contributed by atoms with Crippen molar-refractivity contribution in [2.45, 2.75) is 18.2 Å². The number of hydrogen-bond acceptors (Lipinski definition) is 5. The molecular weight excluding hydrogens is 440 g/mol. The zero-order valence-electron chi connectivity index (χ0n) is 18.4. The molecule has 170 valence electrons. The molecule has 1 amide bonds. The normalized spacial score (nSPS) is 12.8. The topological polar surface area (TPSA) is 84.0 Å². The Morgan fingerprint density at radius 3 is 2.42 bits per heavy atom. The van der Waals surface area contributed by atoms with Gasteiger partial charge < -0.3 is 9.64 Å². The van der Waals surface area contributed by atoms with Crippen molar-refractivity contribution in [3.05, 3.63) is 89.5 Å². The van der Waals surface area contributed by atoms with Crippen molar-refractivity contribution >= 4 is 33.3 Å². The van der Waals surface area contributed by atoms with Crippen LogP contribution in [-0.2, 0) is 21.2 Å². The summed E-state index contributed by atoms with van der Waals surface area (Å²) in [6, 6.07) is 20.0. The lowest BCUT2D eigenvalue weighted by Gasteiger charge is -2.23. The molecule has 0 saturated heterocycles. The van der Waals surface area contributed by atoms with E-state index in [1.807, 2.05) is 6.07 Å². The number of sulfonamides is 1. The third kappa shape index (κ3) is 4.21. The number of amides is 1. The maximum absolute atomic E-state index is 13.3. The predicted octanol–water partition coefficient (Wildman–Crippen LogP) is 3.89. The average Bonchev–Trinajstić information content (AvgIpc) is 3.27. The molecule has 0 aromatic heterocycles. The molecule has 7 nitrogen and oxygen atoms in total. The molecule has 3 aromatic rings. The van der Waals surface area contributed by atoms with Crippen molar-refractivity contribution in [1.29, 1.82) is 0 Å². The molecule has 0 unspecified atom stereocenters. The first kappa shape index (κ1) is 22.5. The van der Waals surface area contributed by atoms with E-state index in [2.05, 4.69) is 0 Å². The number of anilines is 2. The van der Waals surface area contributed by atoms with Crippen molar-refractivity contribution in [2.24, 2.45) is 0 Å². The lowest BCUT2D eigenvalue weighted by atomic mass is 10.1. The summed E-state index contributed by atoms with van der Waals surface area (Å²) in [6.07, 6.45) is 0.599. The van der Waals surface area contributed by atoms with Crippen LogP contribution in [0.3, 0.4) is 0 Å². The number of hydrogen-bond donors (Lipinski definition) is 0. The third-order valence-electron chi connectivity index (χ3n) is 5.64. The van der Waals surface area contributed by atoms with Crippen molar-refractivity contribution in [3.63, 3.8) is 0 Å². The molecule has 1 aliphatic rings. The van der Waals surface area contributed by atoms with E-state index in [9.17, 15) is 18.0 Å². The Labute approximate surface area is 193 Å². The van der Waals surface area contributed by atoms with Crippen LogP contribution in [0.5, 0.6) is 0 Å². The van der Waals surface area contributed by atoms with Gasteiger partial charge in [0.15, 0.2) is 0 Å². The molecule has 4 rings (SSSR count). The fourth-order valence-corrected chi connectivity index (χ4v) is 5.54. The SMILES string of the molecule is CCN(c1ccccc1)S(=O)(=O)c1cccc(C(=O)N2CCc3cc(C(=O)OC)ccc32)c1. The highest BCUT2D eigenvalue weighted by Crippen LogP contribution is 2.31. The van der Waals surface area contributed by atoms with Crippen LogP contribution in [0.25, 0.3) is 0 Å². The van der Waals surface area contributed by atoms with Crippen LogP contribution in [0.15, 0.2) is 77.7 Å². The summed E-state index contributed by atoms with van der Waals surface area (Å²) in [6.45, 7) is 2.47. The van der Waals surface area contributed by atoms with E-state index in [0.29, 0.717) is 29.9 Å². The number of para-hydroxylation sites is 1. The number of nitrogens with zero attached hydrogens (tertiary/aromatic N) is 2. The van der Waals surface area contributed by atoms with Crippen molar-refractivity contribution in [1.82, 2.24) is 0 Å². The van der Waals surface area contributed by atoms with E-state index in [1.54, 1.807) is 66.4 Å². The molecule has 0 spiro atoms. The molecule has 3 aromatic carbocycles.